The molecule has 0 saturated carbocycles. The van der Waals surface area contributed by atoms with E-state index in [0.29, 0.717) is 0 Å². The van der Waals surface area contributed by atoms with Crippen LogP contribution in [0.4, 0.5) is 0 Å². The van der Waals surface area contributed by atoms with E-state index in [1.807, 2.05) is 30.3 Å². The predicted molar refractivity (Wildman–Crippen MR) is 40.2 cm³/mol. The van der Waals surface area contributed by atoms with Crippen molar-refractivity contribution in [2.75, 3.05) is 0 Å². The van der Waals surface area contributed by atoms with Gasteiger partial charge in [-0.2, -0.15) is 0 Å². The Morgan fingerprint density at radius 1 is 1.00 bits per heavy atom. The molecule has 9 heavy (non-hydrogen) atoms. The number of hydrogen-bond donors (Lipinski definition) is 2. The van der Waals surface area contributed by atoms with Crippen LogP contribution in [0.5, 0.6) is 0 Å². The highest BCUT2D eigenvalue weighted by Gasteiger charge is 1.99. The van der Waals surface area contributed by atoms with Gasteiger partial charge >= 0.3 is 0 Å². The highest BCUT2D eigenvalue weighted by molar-refractivity contribution is 6.67. The lowest BCUT2D eigenvalue weighted by Gasteiger charge is -1.98. The van der Waals surface area contributed by atoms with Crippen LogP contribution < -0.4 is 16.0 Å². The predicted octanol–water partition coefficient (Wildman–Crippen LogP) is -0.701. The summed E-state index contributed by atoms with van der Waals surface area (Å²) in [5.74, 6) is 0. The molecular weight excluding hydrogens is 128 g/mol. The smallest absolute Gasteiger partial charge is 0.255 e. The highest BCUT2D eigenvalue weighted by atomic mass is 28.3. The Morgan fingerprint density at radius 2 is 1.56 bits per heavy atom. The molecule has 0 heterocycles. The zero-order valence-corrected chi connectivity index (χ0v) is 6.04. The Balaban J connectivity index is 2.85. The third-order valence-electron chi connectivity index (χ3n) is 1.11. The average molecular weight is 137 g/mol. The monoisotopic (exact) mass is 137 g/mol. The first-order valence-corrected chi connectivity index (χ1v) is 4.39. The maximum absolute atomic E-state index is 5.49. The van der Waals surface area contributed by atoms with Crippen LogP contribution in [0.25, 0.3) is 0 Å². The standard InChI is InChI=1S/C6H9N2Si/c7-9(8)6-4-2-1-3-5-6/h1-5H,7-8H2. The molecule has 0 atom stereocenters. The van der Waals surface area contributed by atoms with Crippen LogP contribution in [0.15, 0.2) is 30.3 Å². The van der Waals surface area contributed by atoms with E-state index in [4.69, 9.17) is 10.8 Å². The fourth-order valence-electron chi connectivity index (χ4n) is 0.631. The third-order valence-corrected chi connectivity index (χ3v) is 2.11. The lowest BCUT2D eigenvalue weighted by Crippen LogP contribution is -2.48. The maximum atomic E-state index is 5.49. The topological polar surface area (TPSA) is 52.0 Å². The number of nitrogens with two attached hydrogens (primary N) is 2. The van der Waals surface area contributed by atoms with Crippen LogP contribution in [-0.2, 0) is 0 Å². The summed E-state index contributed by atoms with van der Waals surface area (Å²) in [5, 5.41) is 12.1. The van der Waals surface area contributed by atoms with Crippen molar-refractivity contribution in [1.29, 1.82) is 0 Å². The summed E-state index contributed by atoms with van der Waals surface area (Å²) in [4.78, 5) is 0. The summed E-state index contributed by atoms with van der Waals surface area (Å²) in [6, 6.07) is 9.75. The first kappa shape index (κ1) is 6.48. The van der Waals surface area contributed by atoms with Gasteiger partial charge in [0.2, 0.25) is 0 Å². The summed E-state index contributed by atoms with van der Waals surface area (Å²) in [5.41, 5.74) is 0. The molecule has 0 fully saturated rings. The Hall–Kier alpha value is -0.643. The zero-order chi connectivity index (χ0) is 6.69. The van der Waals surface area contributed by atoms with Gasteiger partial charge in [-0.3, -0.25) is 0 Å². The van der Waals surface area contributed by atoms with Gasteiger partial charge in [-0.25, -0.2) is 0 Å². The summed E-state index contributed by atoms with van der Waals surface area (Å²) < 4.78 is 0. The number of hydrogen-bond acceptors (Lipinski definition) is 2. The maximum Gasteiger partial charge on any atom is 0.255 e. The van der Waals surface area contributed by atoms with Gasteiger partial charge in [0.25, 0.3) is 9.12 Å². The van der Waals surface area contributed by atoms with Gasteiger partial charge in [0, 0.05) is 0 Å². The minimum absolute atomic E-state index is 1.07. The lowest BCUT2D eigenvalue weighted by molar-refractivity contribution is 1.64. The normalized spacial score (nSPS) is 10.1. The van der Waals surface area contributed by atoms with E-state index in [9.17, 15) is 0 Å². The molecule has 2 nitrogen and oxygen atoms in total. The molecule has 0 unspecified atom stereocenters. The van der Waals surface area contributed by atoms with E-state index in [1.54, 1.807) is 0 Å². The third kappa shape index (κ3) is 1.64. The summed E-state index contributed by atoms with van der Waals surface area (Å²) in [6.45, 7) is 0. The van der Waals surface area contributed by atoms with Crippen LogP contribution in [-0.4, -0.2) is 9.12 Å². The van der Waals surface area contributed by atoms with E-state index >= 15 is 0 Å². The molecule has 0 spiro atoms. The van der Waals surface area contributed by atoms with Crippen molar-refractivity contribution < 1.29 is 0 Å². The van der Waals surface area contributed by atoms with E-state index in [1.165, 1.54) is 0 Å². The minimum atomic E-state index is -1.21. The van der Waals surface area contributed by atoms with Gasteiger partial charge in [-0.15, -0.1) is 0 Å². The molecule has 0 aliphatic rings. The van der Waals surface area contributed by atoms with Crippen molar-refractivity contribution in [2.24, 2.45) is 10.8 Å². The van der Waals surface area contributed by atoms with Crippen molar-refractivity contribution in [1.82, 2.24) is 0 Å². The molecule has 0 aliphatic carbocycles. The molecule has 0 saturated heterocycles. The van der Waals surface area contributed by atoms with Crippen molar-refractivity contribution >= 4 is 14.3 Å². The Morgan fingerprint density at radius 3 is 1.89 bits per heavy atom. The number of benzene rings is 1. The molecule has 0 aromatic heterocycles. The fraction of sp³-hybridized carbons (Fsp3) is 0. The second-order valence-electron chi connectivity index (χ2n) is 1.82. The van der Waals surface area contributed by atoms with Crippen LogP contribution in [0.3, 0.4) is 0 Å². The Kier molecular flexibility index (Phi) is 1.99. The molecule has 1 rings (SSSR count). The van der Waals surface area contributed by atoms with Gasteiger partial charge in [0.05, 0.1) is 0 Å². The van der Waals surface area contributed by atoms with Crippen molar-refractivity contribution in [3.05, 3.63) is 30.3 Å². The van der Waals surface area contributed by atoms with Gasteiger partial charge in [-0.1, -0.05) is 30.3 Å². The highest BCUT2D eigenvalue weighted by Crippen LogP contribution is 1.79. The molecule has 4 N–H and O–H groups in total. The molecule has 1 aromatic carbocycles. The molecule has 1 aromatic rings. The van der Waals surface area contributed by atoms with Crippen LogP contribution in [0, 0.1) is 0 Å². The fourth-order valence-corrected chi connectivity index (χ4v) is 1.21. The minimum Gasteiger partial charge on any atom is -0.336 e. The van der Waals surface area contributed by atoms with Gasteiger partial charge in [-0.05, 0) is 5.19 Å². The summed E-state index contributed by atoms with van der Waals surface area (Å²) >= 11 is 0. The molecule has 3 heteroatoms. The van der Waals surface area contributed by atoms with Crippen molar-refractivity contribution in [2.45, 2.75) is 0 Å². The van der Waals surface area contributed by atoms with Gasteiger partial charge < -0.3 is 10.8 Å². The molecule has 47 valence electrons. The Labute approximate surface area is 56.2 Å². The molecule has 0 bridgehead atoms. The van der Waals surface area contributed by atoms with Gasteiger partial charge in [0.15, 0.2) is 0 Å². The largest absolute Gasteiger partial charge is 0.336 e. The molecular formula is C6H9N2Si. The van der Waals surface area contributed by atoms with E-state index < -0.39 is 9.12 Å². The first-order chi connectivity index (χ1) is 4.30. The Bertz CT molecular complexity index is 174. The summed E-state index contributed by atoms with van der Waals surface area (Å²) in [7, 11) is -1.21. The quantitative estimate of drug-likeness (QED) is 0.503. The second-order valence-corrected chi connectivity index (χ2v) is 3.31. The van der Waals surface area contributed by atoms with Crippen LogP contribution >= 0.6 is 0 Å². The number of rotatable bonds is 1. The first-order valence-electron chi connectivity index (χ1n) is 2.74. The van der Waals surface area contributed by atoms with E-state index in [0.717, 1.165) is 5.19 Å². The van der Waals surface area contributed by atoms with Crippen molar-refractivity contribution in [3.63, 3.8) is 0 Å². The SMILES string of the molecule is N[Si](N)c1ccccc1. The van der Waals surface area contributed by atoms with E-state index in [2.05, 4.69) is 0 Å². The molecule has 0 aliphatic heterocycles. The van der Waals surface area contributed by atoms with Crippen molar-refractivity contribution in [3.8, 4) is 0 Å². The summed E-state index contributed by atoms with van der Waals surface area (Å²) in [6.07, 6.45) is 0. The lowest BCUT2D eigenvalue weighted by atomic mass is 10.4. The van der Waals surface area contributed by atoms with Crippen LogP contribution in [0.2, 0.25) is 0 Å². The second kappa shape index (κ2) is 2.77. The van der Waals surface area contributed by atoms with Gasteiger partial charge in [0.1, 0.15) is 0 Å². The zero-order valence-electron chi connectivity index (χ0n) is 5.04. The molecule has 0 amide bonds. The van der Waals surface area contributed by atoms with E-state index in [-0.39, 0.29) is 0 Å². The average Bonchev–Trinajstić information content (AvgIpc) is 1.90. The van der Waals surface area contributed by atoms with Crippen LogP contribution in [0.1, 0.15) is 0 Å². The molecule has 1 radical (unpaired) electrons.